The molecule has 0 bridgehead atoms. The largest absolute Gasteiger partial charge is 0.398 e. The van der Waals surface area contributed by atoms with E-state index in [0.29, 0.717) is 40.3 Å². The summed E-state index contributed by atoms with van der Waals surface area (Å²) in [5.74, 6) is -0.398. The Morgan fingerprint density at radius 3 is 2.67 bits per heavy atom. The van der Waals surface area contributed by atoms with E-state index in [1.165, 1.54) is 18.8 Å². The molecule has 5 rings (SSSR count). The van der Waals surface area contributed by atoms with E-state index < -0.39 is 5.82 Å². The van der Waals surface area contributed by atoms with Gasteiger partial charge < -0.3 is 10.5 Å². The highest BCUT2D eigenvalue weighted by Crippen LogP contribution is 2.44. The lowest BCUT2D eigenvalue weighted by molar-refractivity contribution is -0.113. The van der Waals surface area contributed by atoms with Crippen LogP contribution < -0.4 is 5.73 Å². The molecule has 2 N–H and O–H groups in total. The average molecular weight is 363 g/mol. The number of pyridine rings is 1. The zero-order chi connectivity index (χ0) is 18.5. The number of carbonyl (C=O) groups excluding carboxylic acids is 1. The van der Waals surface area contributed by atoms with Gasteiger partial charge in [0.05, 0.1) is 17.3 Å². The number of carbonyl (C=O) groups is 1. The highest BCUT2D eigenvalue weighted by molar-refractivity contribution is 6.02. The molecule has 1 atom stereocenters. The number of hydrogen-bond acceptors (Lipinski definition) is 6. The molecule has 1 aliphatic carbocycles. The number of nitrogen functional groups attached to an aromatic ring is 1. The molecular formula is C20H18FN5O. The second kappa shape index (κ2) is 6.06. The number of hydrogen-bond donors (Lipinski definition) is 1. The normalized spacial score (nSPS) is 19.8. The van der Waals surface area contributed by atoms with Gasteiger partial charge in [0.15, 0.2) is 0 Å². The fourth-order valence-corrected chi connectivity index (χ4v) is 4.21. The van der Waals surface area contributed by atoms with Gasteiger partial charge in [0, 0.05) is 52.7 Å². The summed E-state index contributed by atoms with van der Waals surface area (Å²) in [4.78, 5) is 26.8. The lowest BCUT2D eigenvalue weighted by Gasteiger charge is -2.36. The van der Waals surface area contributed by atoms with Crippen LogP contribution in [0.2, 0.25) is 0 Å². The molecule has 1 saturated carbocycles. The van der Waals surface area contributed by atoms with E-state index in [9.17, 15) is 9.18 Å². The molecule has 1 fully saturated rings. The molecule has 0 spiro atoms. The van der Waals surface area contributed by atoms with Crippen molar-refractivity contribution in [1.82, 2.24) is 19.9 Å². The van der Waals surface area contributed by atoms with Crippen LogP contribution >= 0.6 is 0 Å². The highest BCUT2D eigenvalue weighted by atomic mass is 19.1. The Labute approximate surface area is 155 Å². The lowest BCUT2D eigenvalue weighted by Crippen LogP contribution is -2.39. The third-order valence-electron chi connectivity index (χ3n) is 5.77. The average Bonchev–Trinajstić information content (AvgIpc) is 2.99. The molecule has 0 radical (unpaired) electrons. The van der Waals surface area contributed by atoms with Gasteiger partial charge in [0.25, 0.3) is 0 Å². The van der Waals surface area contributed by atoms with Crippen molar-refractivity contribution in [2.24, 2.45) is 0 Å². The number of nitrogens with zero attached hydrogens (tertiary/aromatic N) is 4. The van der Waals surface area contributed by atoms with E-state index in [1.807, 2.05) is 0 Å². The van der Waals surface area contributed by atoms with Gasteiger partial charge in [-0.15, -0.1) is 0 Å². The second-order valence-corrected chi connectivity index (χ2v) is 7.17. The molecule has 3 aromatic rings. The Balaban J connectivity index is 1.75. The Kier molecular flexibility index (Phi) is 3.65. The van der Waals surface area contributed by atoms with Gasteiger partial charge in [0.2, 0.25) is 0 Å². The van der Waals surface area contributed by atoms with Crippen LogP contribution in [0.1, 0.15) is 36.6 Å². The molecule has 2 aliphatic rings. The van der Waals surface area contributed by atoms with Crippen molar-refractivity contribution in [3.05, 3.63) is 47.9 Å². The quantitative estimate of drug-likeness (QED) is 0.720. The third-order valence-corrected chi connectivity index (χ3v) is 5.77. The Bertz CT molecular complexity index is 1050. The van der Waals surface area contributed by atoms with Crippen LogP contribution in [0.5, 0.6) is 0 Å². The van der Waals surface area contributed by atoms with Gasteiger partial charge in [-0.2, -0.15) is 0 Å². The lowest BCUT2D eigenvalue weighted by atomic mass is 9.90. The van der Waals surface area contributed by atoms with Crippen LogP contribution in [0.3, 0.4) is 0 Å². The summed E-state index contributed by atoms with van der Waals surface area (Å²) in [6.07, 6.45) is 8.81. The van der Waals surface area contributed by atoms with E-state index in [0.717, 1.165) is 30.4 Å². The first kappa shape index (κ1) is 16.3. The van der Waals surface area contributed by atoms with Crippen LogP contribution in [0.4, 0.5) is 10.1 Å². The number of rotatable bonds is 3. The first-order valence-corrected chi connectivity index (χ1v) is 9.06. The van der Waals surface area contributed by atoms with E-state index in [2.05, 4.69) is 14.9 Å². The second-order valence-electron chi connectivity index (χ2n) is 7.17. The smallest absolute Gasteiger partial charge is 0.141 e. The van der Waals surface area contributed by atoms with Gasteiger partial charge in [0.1, 0.15) is 18.4 Å². The van der Waals surface area contributed by atoms with Gasteiger partial charge in [-0.25, -0.2) is 14.4 Å². The zero-order valence-corrected chi connectivity index (χ0v) is 14.6. The van der Waals surface area contributed by atoms with Crippen molar-refractivity contribution in [2.45, 2.75) is 37.9 Å². The number of aromatic nitrogens is 3. The standard InChI is InChI=1S/C20H18FN5O/c21-14-5-4-13-19(22)18-15(8-26(16(18)9-27)12-2-1-3-12)25-20(13)17(14)11-6-23-10-24-7-11/h4-7,9-10,12,16H,1-3,8H2,(H2,22,25). The molecule has 136 valence electrons. The van der Waals surface area contributed by atoms with Gasteiger partial charge in [-0.3, -0.25) is 9.88 Å². The van der Waals surface area contributed by atoms with Crippen LogP contribution in [-0.4, -0.2) is 32.2 Å². The van der Waals surface area contributed by atoms with Crippen LogP contribution in [0.15, 0.2) is 30.9 Å². The van der Waals surface area contributed by atoms with E-state index in [-0.39, 0.29) is 6.04 Å². The van der Waals surface area contributed by atoms with Crippen molar-refractivity contribution in [2.75, 3.05) is 5.73 Å². The maximum atomic E-state index is 14.7. The summed E-state index contributed by atoms with van der Waals surface area (Å²) in [6.45, 7) is 0.560. The summed E-state index contributed by atoms with van der Waals surface area (Å²) in [5.41, 5.74) is 9.89. The number of anilines is 1. The monoisotopic (exact) mass is 363 g/mol. The number of halogens is 1. The first-order chi connectivity index (χ1) is 13.2. The van der Waals surface area contributed by atoms with Crippen molar-refractivity contribution < 1.29 is 9.18 Å². The number of aldehydes is 1. The van der Waals surface area contributed by atoms with Crippen molar-refractivity contribution in [3.8, 4) is 11.1 Å². The maximum Gasteiger partial charge on any atom is 0.141 e. The van der Waals surface area contributed by atoms with Crippen LogP contribution in [-0.2, 0) is 11.3 Å². The van der Waals surface area contributed by atoms with Crippen LogP contribution in [0.25, 0.3) is 22.0 Å². The van der Waals surface area contributed by atoms with E-state index in [1.54, 1.807) is 18.5 Å². The minimum atomic E-state index is -0.398. The predicted octanol–water partition coefficient (Wildman–Crippen LogP) is 3.02. The molecule has 1 aromatic carbocycles. The van der Waals surface area contributed by atoms with E-state index >= 15 is 0 Å². The van der Waals surface area contributed by atoms with Crippen LogP contribution in [0, 0.1) is 5.82 Å². The number of fused-ring (bicyclic) bond motifs is 2. The molecule has 1 unspecified atom stereocenters. The minimum Gasteiger partial charge on any atom is -0.398 e. The Morgan fingerprint density at radius 1 is 1.22 bits per heavy atom. The molecule has 3 heterocycles. The Hall–Kier alpha value is -2.93. The van der Waals surface area contributed by atoms with Gasteiger partial charge >= 0.3 is 0 Å². The van der Waals surface area contributed by atoms with Crippen molar-refractivity contribution in [1.29, 1.82) is 0 Å². The fraction of sp³-hybridized carbons (Fsp3) is 0.300. The van der Waals surface area contributed by atoms with Crippen molar-refractivity contribution in [3.63, 3.8) is 0 Å². The number of nitrogens with two attached hydrogens (primary N) is 1. The highest BCUT2D eigenvalue weighted by Gasteiger charge is 2.40. The third kappa shape index (κ3) is 2.35. The molecule has 0 saturated heterocycles. The van der Waals surface area contributed by atoms with Gasteiger partial charge in [-0.05, 0) is 25.0 Å². The first-order valence-electron chi connectivity index (χ1n) is 9.06. The SMILES string of the molecule is Nc1c2c(nc3c(-c4cncnc4)c(F)ccc13)CN(C1CCC1)C2C=O. The summed E-state index contributed by atoms with van der Waals surface area (Å²) >= 11 is 0. The van der Waals surface area contributed by atoms with E-state index in [4.69, 9.17) is 10.7 Å². The maximum absolute atomic E-state index is 14.7. The molecule has 27 heavy (non-hydrogen) atoms. The van der Waals surface area contributed by atoms with Crippen molar-refractivity contribution >= 4 is 22.9 Å². The summed E-state index contributed by atoms with van der Waals surface area (Å²) in [7, 11) is 0. The number of benzene rings is 1. The molecule has 0 amide bonds. The summed E-state index contributed by atoms with van der Waals surface area (Å²) in [6, 6.07) is 3.02. The molecule has 1 aliphatic heterocycles. The topological polar surface area (TPSA) is 85.0 Å². The fourth-order valence-electron chi connectivity index (χ4n) is 4.21. The molecule has 2 aromatic heterocycles. The zero-order valence-electron chi connectivity index (χ0n) is 14.6. The Morgan fingerprint density at radius 2 is 2.00 bits per heavy atom. The molecule has 7 heteroatoms. The minimum absolute atomic E-state index is 0.340. The summed E-state index contributed by atoms with van der Waals surface area (Å²) in [5, 5.41) is 0.649. The van der Waals surface area contributed by atoms with Gasteiger partial charge in [-0.1, -0.05) is 6.42 Å². The molecular weight excluding hydrogens is 345 g/mol. The predicted molar refractivity (Wildman–Crippen MR) is 99.1 cm³/mol. The summed E-state index contributed by atoms with van der Waals surface area (Å²) < 4.78 is 14.7. The molecule has 6 nitrogen and oxygen atoms in total.